The second-order valence-electron chi connectivity index (χ2n) is 8.74. The molecule has 2 heterocycles. The van der Waals surface area contributed by atoms with Gasteiger partial charge in [-0.3, -0.25) is 4.79 Å². The minimum Gasteiger partial charge on any atom is -0.351 e. The summed E-state index contributed by atoms with van der Waals surface area (Å²) in [5.74, 6) is -0.222. The molecule has 33 heavy (non-hydrogen) atoms. The van der Waals surface area contributed by atoms with Crippen molar-refractivity contribution in [2.24, 2.45) is 5.73 Å². The van der Waals surface area contributed by atoms with Gasteiger partial charge in [-0.05, 0) is 49.4 Å². The highest BCUT2D eigenvalue weighted by Crippen LogP contribution is 2.38. The first-order valence-electron chi connectivity index (χ1n) is 11.3. The lowest BCUT2D eigenvalue weighted by Gasteiger charge is -2.36. The number of nitrogens with two attached hydrogens (primary N) is 1. The number of carbonyl (C=O) groups is 2. The van der Waals surface area contributed by atoms with Crippen molar-refractivity contribution in [1.29, 1.82) is 0 Å². The molecule has 3 atom stereocenters. The number of benzene rings is 2. The zero-order valence-corrected chi connectivity index (χ0v) is 19.5. The van der Waals surface area contributed by atoms with Gasteiger partial charge < -0.3 is 16.0 Å². The Kier molecular flexibility index (Phi) is 6.71. The molecule has 3 amide bonds. The minimum absolute atomic E-state index is 0.128. The van der Waals surface area contributed by atoms with Gasteiger partial charge in [0, 0.05) is 37.3 Å². The number of urea groups is 1. The molecule has 2 aromatic rings. The van der Waals surface area contributed by atoms with Crippen molar-refractivity contribution < 1.29 is 18.0 Å². The standard InChI is InChI=1S/C24H30N4O4S/c1-17(28-14-5-8-22(33(28,31)32)19-6-3-2-4-7-19)18-9-11-20(12-10-18)23(29)26-21-13-15-27(16-21)24(25)30/h2-4,6-7,9-12,17,21-22H,5,8,13-16H2,1H3,(H2,25,30)(H,26,29)/t17?,21-,22?/m1/s1. The van der Waals surface area contributed by atoms with Crippen molar-refractivity contribution in [1.82, 2.24) is 14.5 Å². The van der Waals surface area contributed by atoms with Crippen LogP contribution in [-0.2, 0) is 10.0 Å². The van der Waals surface area contributed by atoms with E-state index in [0.717, 1.165) is 17.5 Å². The van der Waals surface area contributed by atoms with Gasteiger partial charge in [-0.2, -0.15) is 4.31 Å². The summed E-state index contributed by atoms with van der Waals surface area (Å²) in [6.07, 6.45) is 2.08. The van der Waals surface area contributed by atoms with Gasteiger partial charge in [-0.1, -0.05) is 42.5 Å². The SMILES string of the molecule is CC(c1ccc(C(=O)N[C@@H]2CCN(C(N)=O)C2)cc1)N1CCCC(c2ccccc2)S1(=O)=O. The molecule has 0 aliphatic carbocycles. The summed E-state index contributed by atoms with van der Waals surface area (Å²) >= 11 is 0. The molecule has 2 saturated heterocycles. The Morgan fingerprint density at radius 1 is 1.03 bits per heavy atom. The topological polar surface area (TPSA) is 113 Å². The summed E-state index contributed by atoms with van der Waals surface area (Å²) in [6, 6.07) is 15.5. The number of hydrogen-bond acceptors (Lipinski definition) is 4. The summed E-state index contributed by atoms with van der Waals surface area (Å²) in [5.41, 5.74) is 7.45. The average Bonchev–Trinajstić information content (AvgIpc) is 3.28. The number of hydrogen-bond donors (Lipinski definition) is 2. The fraction of sp³-hybridized carbons (Fsp3) is 0.417. The van der Waals surface area contributed by atoms with Gasteiger partial charge in [0.25, 0.3) is 5.91 Å². The third-order valence-corrected chi connectivity index (χ3v) is 9.00. The lowest BCUT2D eigenvalue weighted by molar-refractivity contribution is 0.0938. The highest BCUT2D eigenvalue weighted by atomic mass is 32.2. The molecule has 2 fully saturated rings. The van der Waals surface area contributed by atoms with E-state index < -0.39 is 21.3 Å². The smallest absolute Gasteiger partial charge is 0.314 e. The van der Waals surface area contributed by atoms with Crippen molar-refractivity contribution in [2.45, 2.75) is 43.5 Å². The molecule has 2 aromatic carbocycles. The van der Waals surface area contributed by atoms with Crippen molar-refractivity contribution in [3.63, 3.8) is 0 Å². The number of likely N-dealkylation sites (tertiary alicyclic amines) is 1. The van der Waals surface area contributed by atoms with E-state index in [-0.39, 0.29) is 18.0 Å². The lowest BCUT2D eigenvalue weighted by atomic mass is 10.0. The first-order valence-corrected chi connectivity index (χ1v) is 12.8. The van der Waals surface area contributed by atoms with Crippen LogP contribution in [0, 0.1) is 0 Å². The van der Waals surface area contributed by atoms with E-state index in [0.29, 0.717) is 38.0 Å². The molecule has 2 aliphatic rings. The van der Waals surface area contributed by atoms with E-state index in [2.05, 4.69) is 5.32 Å². The van der Waals surface area contributed by atoms with Crippen molar-refractivity contribution in [2.75, 3.05) is 19.6 Å². The molecular weight excluding hydrogens is 440 g/mol. The molecule has 2 unspecified atom stereocenters. The zero-order valence-electron chi connectivity index (χ0n) is 18.7. The summed E-state index contributed by atoms with van der Waals surface area (Å²) in [4.78, 5) is 25.4. The number of primary amides is 1. The van der Waals surface area contributed by atoms with Gasteiger partial charge in [0.2, 0.25) is 10.0 Å². The largest absolute Gasteiger partial charge is 0.351 e. The van der Waals surface area contributed by atoms with E-state index in [1.807, 2.05) is 49.4 Å². The number of carbonyl (C=O) groups excluding carboxylic acids is 2. The molecule has 0 spiro atoms. The predicted octanol–water partition coefficient (Wildman–Crippen LogP) is 2.80. The fourth-order valence-corrected chi connectivity index (χ4v) is 6.96. The van der Waals surface area contributed by atoms with Crippen LogP contribution in [0.4, 0.5) is 4.79 Å². The highest BCUT2D eigenvalue weighted by molar-refractivity contribution is 7.89. The Morgan fingerprint density at radius 2 is 1.73 bits per heavy atom. The summed E-state index contributed by atoms with van der Waals surface area (Å²) < 4.78 is 28.4. The molecule has 3 N–H and O–H groups in total. The molecule has 0 aromatic heterocycles. The van der Waals surface area contributed by atoms with Crippen molar-refractivity contribution in [3.8, 4) is 0 Å². The minimum atomic E-state index is -3.51. The van der Waals surface area contributed by atoms with Gasteiger partial charge in [-0.15, -0.1) is 0 Å². The maximum atomic E-state index is 13.4. The van der Waals surface area contributed by atoms with Crippen molar-refractivity contribution >= 4 is 22.0 Å². The van der Waals surface area contributed by atoms with Crippen LogP contribution in [-0.4, -0.2) is 55.2 Å². The van der Waals surface area contributed by atoms with Crippen LogP contribution in [0.5, 0.6) is 0 Å². The molecule has 9 heteroatoms. The molecular formula is C24H30N4O4S. The first kappa shape index (κ1) is 23.3. The van der Waals surface area contributed by atoms with Gasteiger partial charge in [0.15, 0.2) is 0 Å². The highest BCUT2D eigenvalue weighted by Gasteiger charge is 2.39. The lowest BCUT2D eigenvalue weighted by Crippen LogP contribution is -2.41. The fourth-order valence-electron chi connectivity index (χ4n) is 4.72. The van der Waals surface area contributed by atoms with Crippen LogP contribution in [0.25, 0.3) is 0 Å². The number of sulfonamides is 1. The molecule has 2 aliphatic heterocycles. The van der Waals surface area contributed by atoms with E-state index >= 15 is 0 Å². The van der Waals surface area contributed by atoms with Gasteiger partial charge in [0.1, 0.15) is 5.25 Å². The van der Waals surface area contributed by atoms with Crippen LogP contribution in [0.15, 0.2) is 54.6 Å². The zero-order chi connectivity index (χ0) is 23.6. The summed E-state index contributed by atoms with van der Waals surface area (Å²) in [7, 11) is -3.51. The normalized spacial score (nSPS) is 23.7. The number of rotatable bonds is 5. The quantitative estimate of drug-likeness (QED) is 0.700. The number of nitrogens with one attached hydrogen (secondary N) is 1. The Labute approximate surface area is 194 Å². The molecule has 176 valence electrons. The second kappa shape index (κ2) is 9.52. The predicted molar refractivity (Wildman–Crippen MR) is 126 cm³/mol. The Hall–Kier alpha value is -2.91. The Balaban J connectivity index is 1.44. The molecule has 8 nitrogen and oxygen atoms in total. The summed E-state index contributed by atoms with van der Waals surface area (Å²) in [5, 5.41) is 2.40. The third kappa shape index (κ3) is 4.89. The number of amides is 3. The maximum Gasteiger partial charge on any atom is 0.314 e. The molecule has 0 radical (unpaired) electrons. The van der Waals surface area contributed by atoms with Crippen LogP contribution in [0.3, 0.4) is 0 Å². The average molecular weight is 471 g/mol. The van der Waals surface area contributed by atoms with E-state index in [9.17, 15) is 18.0 Å². The van der Waals surface area contributed by atoms with Gasteiger partial charge >= 0.3 is 6.03 Å². The second-order valence-corrected chi connectivity index (χ2v) is 10.8. The molecule has 4 rings (SSSR count). The molecule has 0 bridgehead atoms. The van der Waals surface area contributed by atoms with E-state index in [1.165, 1.54) is 4.90 Å². The first-order chi connectivity index (χ1) is 15.8. The van der Waals surface area contributed by atoms with E-state index in [4.69, 9.17) is 5.73 Å². The van der Waals surface area contributed by atoms with Gasteiger partial charge in [-0.25, -0.2) is 13.2 Å². The van der Waals surface area contributed by atoms with Crippen LogP contribution in [0.1, 0.15) is 59.0 Å². The summed E-state index contributed by atoms with van der Waals surface area (Å²) in [6.45, 7) is 3.31. The molecule has 0 saturated carbocycles. The van der Waals surface area contributed by atoms with Crippen LogP contribution >= 0.6 is 0 Å². The monoisotopic (exact) mass is 470 g/mol. The number of nitrogens with zero attached hydrogens (tertiary/aromatic N) is 2. The van der Waals surface area contributed by atoms with Gasteiger partial charge in [0.05, 0.1) is 0 Å². The van der Waals surface area contributed by atoms with Crippen molar-refractivity contribution in [3.05, 3.63) is 71.3 Å². The maximum absolute atomic E-state index is 13.4. The Bertz CT molecular complexity index is 1110. The van der Waals surface area contributed by atoms with E-state index in [1.54, 1.807) is 16.4 Å². The van der Waals surface area contributed by atoms with Crippen LogP contribution < -0.4 is 11.1 Å². The Morgan fingerprint density at radius 3 is 2.36 bits per heavy atom. The van der Waals surface area contributed by atoms with Crippen LogP contribution in [0.2, 0.25) is 0 Å². The third-order valence-electron chi connectivity index (χ3n) is 6.62.